The van der Waals surface area contributed by atoms with Crippen LogP contribution in [0.2, 0.25) is 0 Å². The predicted molar refractivity (Wildman–Crippen MR) is 84.5 cm³/mol. The molecule has 2 aromatic rings. The second-order valence-electron chi connectivity index (χ2n) is 6.40. The molecule has 106 valence electrons. The number of aromatic nitrogens is 2. The summed E-state index contributed by atoms with van der Waals surface area (Å²) in [6, 6.07) is 0.608. The molecular formula is C16H21N3S. The fourth-order valence-electron chi connectivity index (χ4n) is 3.70. The van der Waals surface area contributed by atoms with E-state index in [2.05, 4.69) is 22.2 Å². The standard InChI is InChI=1S/C16H21N3S/c1-10-7-12-13(8-10)20-16-14(12)15(17-9-18-16)19-11-5-3-2-4-6-11/h9-11H,2-8H2,1H3,(H,17,18,19). The minimum absolute atomic E-state index is 0.608. The Morgan fingerprint density at radius 3 is 2.85 bits per heavy atom. The molecule has 2 aliphatic rings. The van der Waals surface area contributed by atoms with E-state index in [4.69, 9.17) is 0 Å². The lowest BCUT2D eigenvalue weighted by molar-refractivity contribution is 0.462. The van der Waals surface area contributed by atoms with Crippen molar-refractivity contribution in [1.29, 1.82) is 0 Å². The largest absolute Gasteiger partial charge is 0.367 e. The molecule has 2 aliphatic carbocycles. The first kappa shape index (κ1) is 12.6. The van der Waals surface area contributed by atoms with Gasteiger partial charge >= 0.3 is 0 Å². The molecule has 2 aromatic heterocycles. The van der Waals surface area contributed by atoms with Crippen molar-refractivity contribution in [3.63, 3.8) is 0 Å². The van der Waals surface area contributed by atoms with Crippen LogP contribution in [-0.2, 0) is 12.8 Å². The number of hydrogen-bond donors (Lipinski definition) is 1. The van der Waals surface area contributed by atoms with Crippen LogP contribution in [0.1, 0.15) is 49.5 Å². The van der Waals surface area contributed by atoms with E-state index in [-0.39, 0.29) is 0 Å². The molecule has 0 saturated heterocycles. The van der Waals surface area contributed by atoms with Crippen LogP contribution in [-0.4, -0.2) is 16.0 Å². The Balaban J connectivity index is 1.71. The zero-order chi connectivity index (χ0) is 13.5. The van der Waals surface area contributed by atoms with Crippen molar-refractivity contribution < 1.29 is 0 Å². The fourth-order valence-corrected chi connectivity index (χ4v) is 5.04. The Morgan fingerprint density at radius 2 is 2.00 bits per heavy atom. The summed E-state index contributed by atoms with van der Waals surface area (Å²) in [6.45, 7) is 2.34. The lowest BCUT2D eigenvalue weighted by Crippen LogP contribution is -2.23. The maximum atomic E-state index is 4.56. The van der Waals surface area contributed by atoms with Gasteiger partial charge in [0, 0.05) is 10.9 Å². The van der Waals surface area contributed by atoms with Gasteiger partial charge in [0.05, 0.1) is 5.39 Å². The smallest absolute Gasteiger partial charge is 0.138 e. The molecule has 0 aromatic carbocycles. The number of fused-ring (bicyclic) bond motifs is 3. The van der Waals surface area contributed by atoms with Crippen molar-refractivity contribution in [3.05, 3.63) is 16.8 Å². The maximum absolute atomic E-state index is 4.56. The molecule has 0 spiro atoms. The van der Waals surface area contributed by atoms with E-state index < -0.39 is 0 Å². The van der Waals surface area contributed by atoms with Crippen LogP contribution < -0.4 is 5.32 Å². The van der Waals surface area contributed by atoms with E-state index in [1.807, 2.05) is 11.3 Å². The highest BCUT2D eigenvalue weighted by molar-refractivity contribution is 7.19. The van der Waals surface area contributed by atoms with Crippen molar-refractivity contribution in [3.8, 4) is 0 Å². The zero-order valence-corrected chi connectivity index (χ0v) is 12.8. The van der Waals surface area contributed by atoms with Crippen LogP contribution in [0, 0.1) is 5.92 Å². The van der Waals surface area contributed by atoms with Gasteiger partial charge in [-0.25, -0.2) is 9.97 Å². The van der Waals surface area contributed by atoms with Crippen molar-refractivity contribution in [1.82, 2.24) is 9.97 Å². The molecule has 1 N–H and O–H groups in total. The van der Waals surface area contributed by atoms with E-state index in [1.165, 1.54) is 60.7 Å². The number of rotatable bonds is 2. The highest BCUT2D eigenvalue weighted by Gasteiger charge is 2.26. The molecule has 3 nitrogen and oxygen atoms in total. The lowest BCUT2D eigenvalue weighted by atomic mass is 9.95. The van der Waals surface area contributed by atoms with Gasteiger partial charge in [0.15, 0.2) is 0 Å². The maximum Gasteiger partial charge on any atom is 0.138 e. The van der Waals surface area contributed by atoms with Crippen LogP contribution >= 0.6 is 11.3 Å². The minimum atomic E-state index is 0.608. The molecule has 20 heavy (non-hydrogen) atoms. The normalized spacial score (nSPS) is 23.1. The Kier molecular flexibility index (Phi) is 3.14. The van der Waals surface area contributed by atoms with Crippen LogP contribution in [0.5, 0.6) is 0 Å². The van der Waals surface area contributed by atoms with Crippen LogP contribution in [0.25, 0.3) is 10.2 Å². The lowest BCUT2D eigenvalue weighted by Gasteiger charge is -2.23. The molecule has 4 heteroatoms. The van der Waals surface area contributed by atoms with Crippen molar-refractivity contribution >= 4 is 27.4 Å². The topological polar surface area (TPSA) is 37.8 Å². The minimum Gasteiger partial charge on any atom is -0.367 e. The van der Waals surface area contributed by atoms with Gasteiger partial charge in [-0.3, -0.25) is 0 Å². The summed E-state index contributed by atoms with van der Waals surface area (Å²) in [7, 11) is 0. The molecular weight excluding hydrogens is 266 g/mol. The van der Waals surface area contributed by atoms with Gasteiger partial charge < -0.3 is 5.32 Å². The van der Waals surface area contributed by atoms with Gasteiger partial charge in [0.1, 0.15) is 17.0 Å². The molecule has 1 atom stereocenters. The fraction of sp³-hybridized carbons (Fsp3) is 0.625. The number of nitrogens with one attached hydrogen (secondary N) is 1. The van der Waals surface area contributed by atoms with Gasteiger partial charge in [-0.05, 0) is 37.2 Å². The Bertz CT molecular complexity index is 628. The molecule has 0 bridgehead atoms. The highest BCUT2D eigenvalue weighted by atomic mass is 32.1. The summed E-state index contributed by atoms with van der Waals surface area (Å²) in [5.41, 5.74) is 1.52. The Labute approximate surface area is 123 Å². The Morgan fingerprint density at radius 1 is 1.15 bits per heavy atom. The van der Waals surface area contributed by atoms with Crippen molar-refractivity contribution in [2.45, 2.75) is 57.9 Å². The van der Waals surface area contributed by atoms with Crippen molar-refractivity contribution in [2.75, 3.05) is 5.32 Å². The molecule has 0 radical (unpaired) electrons. The molecule has 4 rings (SSSR count). The van der Waals surface area contributed by atoms with Crippen LogP contribution in [0.15, 0.2) is 6.33 Å². The van der Waals surface area contributed by atoms with E-state index in [0.717, 1.165) is 11.7 Å². The van der Waals surface area contributed by atoms with Gasteiger partial charge in [0.25, 0.3) is 0 Å². The summed E-state index contributed by atoms with van der Waals surface area (Å²) < 4.78 is 0. The monoisotopic (exact) mass is 287 g/mol. The third-order valence-electron chi connectivity index (χ3n) is 4.70. The second kappa shape index (κ2) is 4.99. The van der Waals surface area contributed by atoms with Crippen LogP contribution in [0.4, 0.5) is 5.82 Å². The number of anilines is 1. The summed E-state index contributed by atoms with van der Waals surface area (Å²) in [6.07, 6.45) is 10.8. The van der Waals surface area contributed by atoms with E-state index in [1.54, 1.807) is 11.2 Å². The second-order valence-corrected chi connectivity index (χ2v) is 7.48. The summed E-state index contributed by atoms with van der Waals surface area (Å²) in [5.74, 6) is 1.87. The quantitative estimate of drug-likeness (QED) is 0.900. The van der Waals surface area contributed by atoms with Gasteiger partial charge in [0.2, 0.25) is 0 Å². The van der Waals surface area contributed by atoms with Crippen molar-refractivity contribution in [2.24, 2.45) is 5.92 Å². The van der Waals surface area contributed by atoms with Gasteiger partial charge in [-0.1, -0.05) is 26.2 Å². The Hall–Kier alpha value is -1.16. The number of nitrogens with zero attached hydrogens (tertiary/aromatic N) is 2. The van der Waals surface area contributed by atoms with E-state index in [9.17, 15) is 0 Å². The summed E-state index contributed by atoms with van der Waals surface area (Å²) in [5, 5.41) is 5.03. The summed E-state index contributed by atoms with van der Waals surface area (Å²) in [4.78, 5) is 11.8. The van der Waals surface area contributed by atoms with E-state index >= 15 is 0 Å². The third-order valence-corrected chi connectivity index (χ3v) is 5.87. The summed E-state index contributed by atoms with van der Waals surface area (Å²) >= 11 is 1.88. The first-order valence-corrected chi connectivity index (χ1v) is 8.64. The molecule has 1 unspecified atom stereocenters. The van der Waals surface area contributed by atoms with Crippen LogP contribution in [0.3, 0.4) is 0 Å². The molecule has 2 heterocycles. The van der Waals surface area contributed by atoms with Gasteiger partial charge in [-0.2, -0.15) is 0 Å². The number of hydrogen-bond acceptors (Lipinski definition) is 4. The molecule has 1 fully saturated rings. The molecule has 1 saturated carbocycles. The first-order chi connectivity index (χ1) is 9.81. The number of thiophene rings is 1. The average molecular weight is 287 g/mol. The third kappa shape index (κ3) is 2.10. The van der Waals surface area contributed by atoms with E-state index in [0.29, 0.717) is 6.04 Å². The SMILES string of the molecule is CC1Cc2sc3ncnc(NC4CCCCC4)c3c2C1. The predicted octanol–water partition coefficient (Wildman–Crippen LogP) is 4.17. The van der Waals surface area contributed by atoms with Gasteiger partial charge in [-0.15, -0.1) is 11.3 Å². The first-order valence-electron chi connectivity index (χ1n) is 7.83. The zero-order valence-electron chi connectivity index (χ0n) is 12.0. The average Bonchev–Trinajstić information content (AvgIpc) is 2.96. The molecule has 0 aliphatic heterocycles. The molecule has 0 amide bonds. The highest BCUT2D eigenvalue weighted by Crippen LogP contribution is 2.41.